The first-order chi connectivity index (χ1) is 8.16. The Morgan fingerprint density at radius 1 is 1.29 bits per heavy atom. The van der Waals surface area contributed by atoms with E-state index in [-0.39, 0.29) is 5.54 Å². The average Bonchev–Trinajstić information content (AvgIpc) is 2.34. The molecule has 4 N–H and O–H groups in total. The maximum Gasteiger partial charge on any atom is 0.0431 e. The number of nitrogens with one attached hydrogen (secondary N) is 1. The zero-order chi connectivity index (χ0) is 12.7. The summed E-state index contributed by atoms with van der Waals surface area (Å²) in [5.41, 5.74) is 6.19. The molecule has 102 valence electrons. The van der Waals surface area contributed by atoms with E-state index in [1.165, 1.54) is 19.3 Å². The molecule has 0 aromatic heterocycles. The number of nitrogens with two attached hydrogens (primary N) is 1. The lowest BCUT2D eigenvalue weighted by molar-refractivity contribution is 0.111. The Labute approximate surface area is 106 Å². The second kappa shape index (κ2) is 7.34. The lowest BCUT2D eigenvalue weighted by Gasteiger charge is -2.46. The highest BCUT2D eigenvalue weighted by Gasteiger charge is 2.39. The number of hydrogen-bond donors (Lipinski definition) is 3. The molecule has 1 saturated carbocycles. The van der Waals surface area contributed by atoms with Gasteiger partial charge in [0.15, 0.2) is 0 Å². The van der Waals surface area contributed by atoms with Crippen molar-refractivity contribution in [2.45, 2.75) is 57.9 Å². The van der Waals surface area contributed by atoms with Crippen molar-refractivity contribution in [1.29, 1.82) is 0 Å². The van der Waals surface area contributed by atoms with Gasteiger partial charge in [-0.25, -0.2) is 0 Å². The van der Waals surface area contributed by atoms with Crippen LogP contribution in [0.3, 0.4) is 0 Å². The molecule has 1 aliphatic rings. The molecule has 0 aromatic rings. The van der Waals surface area contributed by atoms with Crippen molar-refractivity contribution in [2.24, 2.45) is 17.6 Å². The van der Waals surface area contributed by atoms with Gasteiger partial charge in [0.05, 0.1) is 0 Å². The van der Waals surface area contributed by atoms with Crippen molar-refractivity contribution in [3.8, 4) is 0 Å². The van der Waals surface area contributed by atoms with Crippen molar-refractivity contribution in [3.05, 3.63) is 0 Å². The van der Waals surface area contributed by atoms with Crippen molar-refractivity contribution in [3.63, 3.8) is 0 Å². The summed E-state index contributed by atoms with van der Waals surface area (Å²) in [5, 5.41) is 12.5. The van der Waals surface area contributed by atoms with Gasteiger partial charge >= 0.3 is 0 Å². The molecular formula is C14H30N2O. The van der Waals surface area contributed by atoms with Crippen LogP contribution >= 0.6 is 0 Å². The molecule has 0 aliphatic heterocycles. The van der Waals surface area contributed by atoms with Crippen molar-refractivity contribution < 1.29 is 5.11 Å². The largest absolute Gasteiger partial charge is 0.396 e. The predicted octanol–water partition coefficient (Wildman–Crippen LogP) is 1.89. The highest BCUT2D eigenvalue weighted by molar-refractivity contribution is 4.98. The van der Waals surface area contributed by atoms with Crippen LogP contribution in [-0.2, 0) is 0 Å². The zero-order valence-electron chi connectivity index (χ0n) is 11.5. The fourth-order valence-electron chi connectivity index (χ4n) is 3.12. The molecule has 3 atom stereocenters. The van der Waals surface area contributed by atoms with E-state index in [9.17, 15) is 0 Å². The molecule has 3 unspecified atom stereocenters. The minimum atomic E-state index is 0.164. The Kier molecular flexibility index (Phi) is 6.45. The van der Waals surface area contributed by atoms with Crippen molar-refractivity contribution in [1.82, 2.24) is 5.32 Å². The molecule has 0 heterocycles. The van der Waals surface area contributed by atoms with Crippen LogP contribution in [0.15, 0.2) is 0 Å². The summed E-state index contributed by atoms with van der Waals surface area (Å²) < 4.78 is 0. The van der Waals surface area contributed by atoms with E-state index in [2.05, 4.69) is 19.2 Å². The lowest BCUT2D eigenvalue weighted by Crippen LogP contribution is -2.59. The molecule has 0 amide bonds. The molecule has 3 nitrogen and oxygen atoms in total. The van der Waals surface area contributed by atoms with Crippen LogP contribution in [0.1, 0.15) is 52.4 Å². The second-order valence-corrected chi connectivity index (χ2v) is 5.73. The highest BCUT2D eigenvalue weighted by Crippen LogP contribution is 2.37. The summed E-state index contributed by atoms with van der Waals surface area (Å²) >= 11 is 0. The normalized spacial score (nSPS) is 33.9. The van der Waals surface area contributed by atoms with E-state index >= 15 is 0 Å². The SMILES string of the molecule is CC1CCCC(CN)(NCCCCCO)C1C. The molecule has 0 aromatic carbocycles. The molecule has 0 bridgehead atoms. The molecular weight excluding hydrogens is 212 g/mol. The van der Waals surface area contributed by atoms with E-state index in [0.29, 0.717) is 12.5 Å². The molecule has 0 spiro atoms. The van der Waals surface area contributed by atoms with Crippen LogP contribution in [0.5, 0.6) is 0 Å². The summed E-state index contributed by atoms with van der Waals surface area (Å²) in [5.74, 6) is 1.44. The van der Waals surface area contributed by atoms with Crippen LogP contribution in [0.4, 0.5) is 0 Å². The van der Waals surface area contributed by atoms with Gasteiger partial charge in [0.25, 0.3) is 0 Å². The molecule has 0 saturated heterocycles. The molecule has 1 aliphatic carbocycles. The van der Waals surface area contributed by atoms with Gasteiger partial charge in [0.2, 0.25) is 0 Å². The molecule has 3 heteroatoms. The van der Waals surface area contributed by atoms with Gasteiger partial charge in [-0.05, 0) is 44.1 Å². The van der Waals surface area contributed by atoms with E-state index < -0.39 is 0 Å². The van der Waals surface area contributed by atoms with Gasteiger partial charge in [0.1, 0.15) is 0 Å². The first-order valence-electron chi connectivity index (χ1n) is 7.22. The molecule has 17 heavy (non-hydrogen) atoms. The van der Waals surface area contributed by atoms with Crippen LogP contribution < -0.4 is 11.1 Å². The van der Waals surface area contributed by atoms with Gasteiger partial charge < -0.3 is 16.2 Å². The Morgan fingerprint density at radius 2 is 2.06 bits per heavy atom. The topological polar surface area (TPSA) is 58.3 Å². The van der Waals surface area contributed by atoms with Gasteiger partial charge in [0, 0.05) is 18.7 Å². The monoisotopic (exact) mass is 242 g/mol. The Hall–Kier alpha value is -0.120. The number of aliphatic hydroxyl groups excluding tert-OH is 1. The molecule has 0 radical (unpaired) electrons. The smallest absolute Gasteiger partial charge is 0.0431 e. The third-order valence-electron chi connectivity index (χ3n) is 4.68. The van der Waals surface area contributed by atoms with Gasteiger partial charge in [-0.2, -0.15) is 0 Å². The number of unbranched alkanes of at least 4 members (excludes halogenated alkanes) is 2. The fourth-order valence-corrected chi connectivity index (χ4v) is 3.12. The maximum atomic E-state index is 8.75. The standard InChI is InChI=1S/C14H30N2O/c1-12-7-6-8-14(11-15,13(12)2)16-9-4-3-5-10-17/h12-13,16-17H,3-11,15H2,1-2H3. The van der Waals surface area contributed by atoms with Gasteiger partial charge in [-0.3, -0.25) is 0 Å². The fraction of sp³-hybridized carbons (Fsp3) is 1.00. The summed E-state index contributed by atoms with van der Waals surface area (Å²) in [6.45, 7) is 6.79. The summed E-state index contributed by atoms with van der Waals surface area (Å²) in [7, 11) is 0. The first-order valence-corrected chi connectivity index (χ1v) is 7.22. The molecule has 1 rings (SSSR count). The minimum Gasteiger partial charge on any atom is -0.396 e. The van der Waals surface area contributed by atoms with Gasteiger partial charge in [-0.1, -0.05) is 26.7 Å². The van der Waals surface area contributed by atoms with Crippen LogP contribution in [-0.4, -0.2) is 30.3 Å². The molecule has 1 fully saturated rings. The Bertz CT molecular complexity index is 210. The van der Waals surface area contributed by atoms with Crippen LogP contribution in [0.25, 0.3) is 0 Å². The van der Waals surface area contributed by atoms with E-state index in [1.54, 1.807) is 0 Å². The average molecular weight is 242 g/mol. The summed E-state index contributed by atoms with van der Waals surface area (Å²) in [6.07, 6.45) is 7.03. The number of rotatable bonds is 7. The predicted molar refractivity (Wildman–Crippen MR) is 72.9 cm³/mol. The van der Waals surface area contributed by atoms with Crippen LogP contribution in [0.2, 0.25) is 0 Å². The number of hydrogen-bond acceptors (Lipinski definition) is 3. The lowest BCUT2D eigenvalue weighted by atomic mass is 9.68. The summed E-state index contributed by atoms with van der Waals surface area (Å²) in [4.78, 5) is 0. The minimum absolute atomic E-state index is 0.164. The highest BCUT2D eigenvalue weighted by atomic mass is 16.2. The first kappa shape index (κ1) is 14.9. The van der Waals surface area contributed by atoms with E-state index in [1.807, 2.05) is 0 Å². The Morgan fingerprint density at radius 3 is 2.71 bits per heavy atom. The van der Waals surface area contributed by atoms with Crippen molar-refractivity contribution >= 4 is 0 Å². The third-order valence-corrected chi connectivity index (χ3v) is 4.68. The third kappa shape index (κ3) is 3.94. The summed E-state index contributed by atoms with van der Waals surface area (Å²) in [6, 6.07) is 0. The second-order valence-electron chi connectivity index (χ2n) is 5.73. The maximum absolute atomic E-state index is 8.75. The zero-order valence-corrected chi connectivity index (χ0v) is 11.5. The number of aliphatic hydroxyl groups is 1. The van der Waals surface area contributed by atoms with Crippen LogP contribution in [0, 0.1) is 11.8 Å². The quantitative estimate of drug-likeness (QED) is 0.598. The van der Waals surface area contributed by atoms with E-state index in [0.717, 1.165) is 38.3 Å². The Balaban J connectivity index is 2.39. The van der Waals surface area contributed by atoms with Crippen molar-refractivity contribution in [2.75, 3.05) is 19.7 Å². The van der Waals surface area contributed by atoms with Gasteiger partial charge in [-0.15, -0.1) is 0 Å². The van der Waals surface area contributed by atoms with E-state index in [4.69, 9.17) is 10.8 Å².